The van der Waals surface area contributed by atoms with Gasteiger partial charge >= 0.3 is 0 Å². The maximum atomic E-state index is 12.0. The summed E-state index contributed by atoms with van der Waals surface area (Å²) in [6.45, 7) is 0. The van der Waals surface area contributed by atoms with Crippen LogP contribution in [-0.4, -0.2) is 5.78 Å². The Morgan fingerprint density at radius 3 is 2.56 bits per heavy atom. The van der Waals surface area contributed by atoms with Gasteiger partial charge < -0.3 is 0 Å². The Bertz CT molecular complexity index is 614. The van der Waals surface area contributed by atoms with Crippen LogP contribution in [0.1, 0.15) is 21.5 Å². The van der Waals surface area contributed by atoms with E-state index < -0.39 is 0 Å². The topological polar surface area (TPSA) is 40.9 Å². The van der Waals surface area contributed by atoms with Crippen molar-refractivity contribution in [3.63, 3.8) is 0 Å². The normalized spacial score (nSPS) is 9.78. The molecule has 2 rings (SSSR count). The zero-order valence-corrected chi connectivity index (χ0v) is 10.3. The average molecular weight is 256 g/mol. The molecule has 0 aromatic heterocycles. The lowest BCUT2D eigenvalue weighted by Gasteiger charge is -2.04. The lowest BCUT2D eigenvalue weighted by atomic mass is 9.99. The van der Waals surface area contributed by atoms with E-state index in [9.17, 15) is 4.79 Å². The van der Waals surface area contributed by atoms with E-state index in [2.05, 4.69) is 6.07 Å². The number of benzene rings is 2. The predicted molar refractivity (Wildman–Crippen MR) is 70.6 cm³/mol. The third kappa shape index (κ3) is 2.77. The molecule has 2 nitrogen and oxygen atoms in total. The summed E-state index contributed by atoms with van der Waals surface area (Å²) in [7, 11) is 0. The van der Waals surface area contributed by atoms with Crippen molar-refractivity contribution in [1.82, 2.24) is 0 Å². The molecule has 0 aliphatic carbocycles. The lowest BCUT2D eigenvalue weighted by molar-refractivity contribution is 0.0993. The van der Waals surface area contributed by atoms with E-state index in [-0.39, 0.29) is 12.2 Å². The smallest absolute Gasteiger partial charge is 0.167 e. The molecule has 0 fully saturated rings. The minimum atomic E-state index is -0.0191. The van der Waals surface area contributed by atoms with Crippen molar-refractivity contribution in [2.24, 2.45) is 0 Å². The summed E-state index contributed by atoms with van der Waals surface area (Å²) in [6, 6.07) is 16.0. The summed E-state index contributed by atoms with van der Waals surface area (Å²) in [5.74, 6) is -0.0191. The van der Waals surface area contributed by atoms with Crippen molar-refractivity contribution in [3.05, 3.63) is 70.2 Å². The molecule has 0 amide bonds. The Morgan fingerprint density at radius 2 is 1.89 bits per heavy atom. The molecule has 2 aromatic carbocycles. The largest absolute Gasteiger partial charge is 0.294 e. The van der Waals surface area contributed by atoms with Gasteiger partial charge in [-0.2, -0.15) is 5.26 Å². The highest BCUT2D eigenvalue weighted by Crippen LogP contribution is 2.17. The number of halogens is 1. The first-order valence-corrected chi connectivity index (χ1v) is 5.85. The maximum absolute atomic E-state index is 12.0. The molecule has 0 saturated carbocycles. The van der Waals surface area contributed by atoms with Crippen LogP contribution in [0.4, 0.5) is 0 Å². The standard InChI is InChI=1S/C15H10ClNO/c16-14-7-6-12(10-17)13(8-14)9-15(18)11-4-2-1-3-5-11/h1-8H,9H2. The Kier molecular flexibility index (Phi) is 3.76. The fraction of sp³-hybridized carbons (Fsp3) is 0.0667. The average Bonchev–Trinajstić information content (AvgIpc) is 2.40. The van der Waals surface area contributed by atoms with E-state index >= 15 is 0 Å². The molecule has 0 atom stereocenters. The zero-order chi connectivity index (χ0) is 13.0. The van der Waals surface area contributed by atoms with Gasteiger partial charge in [0.05, 0.1) is 11.6 Å². The fourth-order valence-electron chi connectivity index (χ4n) is 1.72. The van der Waals surface area contributed by atoms with Crippen LogP contribution in [0.2, 0.25) is 5.02 Å². The maximum Gasteiger partial charge on any atom is 0.167 e. The Balaban J connectivity index is 2.28. The van der Waals surface area contributed by atoms with Gasteiger partial charge in [-0.25, -0.2) is 0 Å². The molecular weight excluding hydrogens is 246 g/mol. The van der Waals surface area contributed by atoms with Gasteiger partial charge in [0.1, 0.15) is 0 Å². The summed E-state index contributed by atoms with van der Waals surface area (Å²) < 4.78 is 0. The number of hydrogen-bond donors (Lipinski definition) is 0. The molecule has 0 aliphatic heterocycles. The van der Waals surface area contributed by atoms with Gasteiger partial charge in [0.25, 0.3) is 0 Å². The van der Waals surface area contributed by atoms with Crippen LogP contribution in [-0.2, 0) is 6.42 Å². The lowest BCUT2D eigenvalue weighted by Crippen LogP contribution is -2.04. The van der Waals surface area contributed by atoms with Crippen molar-refractivity contribution in [2.75, 3.05) is 0 Å². The zero-order valence-electron chi connectivity index (χ0n) is 9.56. The molecule has 0 heterocycles. The SMILES string of the molecule is N#Cc1ccc(Cl)cc1CC(=O)c1ccccc1. The summed E-state index contributed by atoms with van der Waals surface area (Å²) in [4.78, 5) is 12.0. The highest BCUT2D eigenvalue weighted by atomic mass is 35.5. The van der Waals surface area contributed by atoms with Gasteiger partial charge in [-0.05, 0) is 23.8 Å². The molecule has 0 spiro atoms. The molecule has 3 heteroatoms. The number of hydrogen-bond acceptors (Lipinski definition) is 2. The van der Waals surface area contributed by atoms with E-state index in [1.54, 1.807) is 30.3 Å². The molecule has 0 saturated heterocycles. The first kappa shape index (κ1) is 12.3. The van der Waals surface area contributed by atoms with Gasteiger partial charge in [0.15, 0.2) is 5.78 Å². The monoisotopic (exact) mass is 255 g/mol. The van der Waals surface area contributed by atoms with Crippen molar-refractivity contribution < 1.29 is 4.79 Å². The van der Waals surface area contributed by atoms with Gasteiger partial charge in [0.2, 0.25) is 0 Å². The number of nitrogens with zero attached hydrogens (tertiary/aromatic N) is 1. The first-order valence-electron chi connectivity index (χ1n) is 5.47. The second-order valence-electron chi connectivity index (χ2n) is 3.88. The molecule has 0 N–H and O–H groups in total. The molecule has 0 aliphatic rings. The van der Waals surface area contributed by atoms with Crippen LogP contribution < -0.4 is 0 Å². The van der Waals surface area contributed by atoms with Crippen LogP contribution in [0, 0.1) is 11.3 Å². The summed E-state index contributed by atoms with van der Waals surface area (Å²) >= 11 is 5.88. The second-order valence-corrected chi connectivity index (χ2v) is 4.32. The van der Waals surface area contributed by atoms with Crippen molar-refractivity contribution in [1.29, 1.82) is 5.26 Å². The van der Waals surface area contributed by atoms with Crippen molar-refractivity contribution in [3.8, 4) is 6.07 Å². The summed E-state index contributed by atoms with van der Waals surface area (Å²) in [6.07, 6.45) is 0.188. The van der Waals surface area contributed by atoms with Crippen LogP contribution >= 0.6 is 11.6 Å². The number of carbonyl (C=O) groups excluding carboxylic acids is 1. The minimum Gasteiger partial charge on any atom is -0.294 e. The highest BCUT2D eigenvalue weighted by Gasteiger charge is 2.10. The van der Waals surface area contributed by atoms with Crippen LogP contribution in [0.5, 0.6) is 0 Å². The first-order chi connectivity index (χ1) is 8.70. The van der Waals surface area contributed by atoms with Crippen LogP contribution in [0.25, 0.3) is 0 Å². The number of Topliss-reactive ketones (excluding diaryl/α,β-unsaturated/α-hetero) is 1. The third-order valence-electron chi connectivity index (χ3n) is 2.63. The van der Waals surface area contributed by atoms with Crippen LogP contribution in [0.3, 0.4) is 0 Å². The van der Waals surface area contributed by atoms with E-state index in [1.807, 2.05) is 18.2 Å². The number of rotatable bonds is 3. The second kappa shape index (κ2) is 5.48. The molecule has 0 radical (unpaired) electrons. The van der Waals surface area contributed by atoms with Crippen LogP contribution in [0.15, 0.2) is 48.5 Å². The third-order valence-corrected chi connectivity index (χ3v) is 2.87. The summed E-state index contributed by atoms with van der Waals surface area (Å²) in [5, 5.41) is 9.52. The highest BCUT2D eigenvalue weighted by molar-refractivity contribution is 6.30. The molecule has 2 aromatic rings. The Hall–Kier alpha value is -2.11. The van der Waals surface area contributed by atoms with Gasteiger partial charge in [-0.1, -0.05) is 41.9 Å². The van der Waals surface area contributed by atoms with E-state index in [4.69, 9.17) is 16.9 Å². The van der Waals surface area contributed by atoms with Crippen molar-refractivity contribution >= 4 is 17.4 Å². The minimum absolute atomic E-state index is 0.0191. The molecule has 0 unspecified atom stereocenters. The number of carbonyl (C=O) groups is 1. The van der Waals surface area contributed by atoms with E-state index in [0.717, 1.165) is 0 Å². The predicted octanol–water partition coefficient (Wildman–Crippen LogP) is 3.64. The number of ketones is 1. The number of nitriles is 1. The molecule has 0 bridgehead atoms. The van der Waals surface area contributed by atoms with E-state index in [0.29, 0.717) is 21.7 Å². The Labute approximate surface area is 110 Å². The van der Waals surface area contributed by atoms with Gasteiger partial charge in [-0.15, -0.1) is 0 Å². The molecular formula is C15H10ClNO. The summed E-state index contributed by atoms with van der Waals surface area (Å²) in [5.41, 5.74) is 1.80. The molecule has 88 valence electrons. The Morgan fingerprint density at radius 1 is 1.17 bits per heavy atom. The molecule has 18 heavy (non-hydrogen) atoms. The quantitative estimate of drug-likeness (QED) is 0.786. The van der Waals surface area contributed by atoms with Gasteiger partial charge in [0, 0.05) is 17.0 Å². The van der Waals surface area contributed by atoms with E-state index in [1.165, 1.54) is 0 Å². The van der Waals surface area contributed by atoms with Crippen molar-refractivity contribution in [2.45, 2.75) is 6.42 Å². The fourth-order valence-corrected chi connectivity index (χ4v) is 1.91. The van der Waals surface area contributed by atoms with Gasteiger partial charge in [-0.3, -0.25) is 4.79 Å².